The summed E-state index contributed by atoms with van der Waals surface area (Å²) in [4.78, 5) is 31.0. The van der Waals surface area contributed by atoms with Crippen molar-refractivity contribution in [1.82, 2.24) is 19.8 Å². The Kier molecular flexibility index (Phi) is 4.28. The van der Waals surface area contributed by atoms with E-state index in [1.54, 1.807) is 28.6 Å². The highest BCUT2D eigenvalue weighted by atomic mass is 19.1. The maximum absolute atomic E-state index is 13.5. The van der Waals surface area contributed by atoms with Gasteiger partial charge in [0.15, 0.2) is 0 Å². The zero-order chi connectivity index (χ0) is 20.1. The first-order chi connectivity index (χ1) is 14.0. The van der Waals surface area contributed by atoms with Crippen LogP contribution in [0.3, 0.4) is 0 Å². The van der Waals surface area contributed by atoms with Gasteiger partial charge in [-0.15, -0.1) is 0 Å². The van der Waals surface area contributed by atoms with Gasteiger partial charge in [-0.1, -0.05) is 6.07 Å². The van der Waals surface area contributed by atoms with Crippen LogP contribution in [0.2, 0.25) is 0 Å². The molecule has 2 bridgehead atoms. The van der Waals surface area contributed by atoms with Gasteiger partial charge in [-0.3, -0.25) is 14.2 Å². The number of fused-ring (bicyclic) bond motifs is 5. The van der Waals surface area contributed by atoms with Crippen molar-refractivity contribution in [2.75, 3.05) is 20.1 Å². The minimum absolute atomic E-state index is 0.0727. The minimum Gasteiger partial charge on any atom is -0.357 e. The molecule has 0 saturated carbocycles. The number of aromatic amines is 1. The van der Waals surface area contributed by atoms with Crippen molar-refractivity contribution in [2.45, 2.75) is 24.9 Å². The molecule has 0 radical (unpaired) electrons. The maximum Gasteiger partial charge on any atom is 0.251 e. The van der Waals surface area contributed by atoms with Gasteiger partial charge in [-0.2, -0.15) is 0 Å². The van der Waals surface area contributed by atoms with Gasteiger partial charge in [0.2, 0.25) is 5.91 Å². The number of benzene rings is 1. The summed E-state index contributed by atoms with van der Waals surface area (Å²) < 4.78 is 15.2. The number of nitrogens with one attached hydrogen (secondary N) is 2. The van der Waals surface area contributed by atoms with E-state index in [-0.39, 0.29) is 29.1 Å². The van der Waals surface area contributed by atoms with Crippen LogP contribution in [-0.4, -0.2) is 40.5 Å². The van der Waals surface area contributed by atoms with Gasteiger partial charge in [0.1, 0.15) is 11.9 Å². The highest BCUT2D eigenvalue weighted by molar-refractivity contribution is 5.82. The van der Waals surface area contributed by atoms with E-state index >= 15 is 0 Å². The molecule has 2 N–H and O–H groups in total. The van der Waals surface area contributed by atoms with Crippen molar-refractivity contribution in [1.29, 1.82) is 0 Å². The first-order valence-electron chi connectivity index (χ1n) is 9.95. The van der Waals surface area contributed by atoms with E-state index in [9.17, 15) is 14.0 Å². The Morgan fingerprint density at radius 1 is 1.24 bits per heavy atom. The van der Waals surface area contributed by atoms with E-state index < -0.39 is 6.04 Å². The average molecular weight is 394 g/mol. The lowest BCUT2D eigenvalue weighted by molar-refractivity contribution is -0.136. The van der Waals surface area contributed by atoms with E-state index in [0.717, 1.165) is 41.8 Å². The molecule has 150 valence electrons. The van der Waals surface area contributed by atoms with Gasteiger partial charge in [-0.05, 0) is 36.8 Å². The number of rotatable bonds is 3. The third kappa shape index (κ3) is 3.06. The van der Waals surface area contributed by atoms with E-state index in [0.29, 0.717) is 6.54 Å². The zero-order valence-corrected chi connectivity index (χ0v) is 16.2. The molecule has 2 aromatic heterocycles. The number of H-pyrrole nitrogens is 1. The Bertz CT molecular complexity index is 1150. The fourth-order valence-electron chi connectivity index (χ4n) is 4.92. The number of nitrogens with zero attached hydrogens (tertiary/aromatic N) is 2. The molecule has 1 amide bonds. The molecule has 3 aromatic rings. The number of piperidine rings is 1. The zero-order valence-electron chi connectivity index (χ0n) is 16.2. The van der Waals surface area contributed by atoms with Crippen LogP contribution >= 0.6 is 0 Å². The average Bonchev–Trinajstić information content (AvgIpc) is 3.10. The molecular formula is C22H23FN4O2. The summed E-state index contributed by atoms with van der Waals surface area (Å²) in [6.07, 6.45) is 0.909. The number of carbonyl (C=O) groups excluding carboxylic acids is 1. The van der Waals surface area contributed by atoms with Crippen molar-refractivity contribution >= 4 is 16.8 Å². The predicted octanol–water partition coefficient (Wildman–Crippen LogP) is 2.38. The van der Waals surface area contributed by atoms with Crippen molar-refractivity contribution in [3.05, 3.63) is 70.0 Å². The van der Waals surface area contributed by atoms with Crippen LogP contribution in [0.25, 0.3) is 10.9 Å². The van der Waals surface area contributed by atoms with Crippen molar-refractivity contribution in [3.8, 4) is 0 Å². The summed E-state index contributed by atoms with van der Waals surface area (Å²) in [7, 11) is 1.75. The molecule has 0 spiro atoms. The number of halogens is 1. The molecule has 7 heteroatoms. The van der Waals surface area contributed by atoms with E-state index in [1.165, 1.54) is 18.2 Å². The quantitative estimate of drug-likeness (QED) is 0.717. The lowest BCUT2D eigenvalue weighted by atomic mass is 9.79. The molecule has 2 aliphatic rings. The number of pyridine rings is 1. The van der Waals surface area contributed by atoms with Gasteiger partial charge in [0.25, 0.3) is 5.56 Å². The molecule has 1 saturated heterocycles. The highest BCUT2D eigenvalue weighted by Crippen LogP contribution is 2.39. The van der Waals surface area contributed by atoms with Crippen molar-refractivity contribution in [3.63, 3.8) is 0 Å². The van der Waals surface area contributed by atoms with Crippen LogP contribution in [0.5, 0.6) is 0 Å². The smallest absolute Gasteiger partial charge is 0.251 e. The van der Waals surface area contributed by atoms with Crippen LogP contribution in [0.1, 0.15) is 29.8 Å². The molecule has 4 heterocycles. The van der Waals surface area contributed by atoms with Crippen LogP contribution in [0.15, 0.2) is 47.3 Å². The molecule has 1 aromatic carbocycles. The Balaban J connectivity index is 1.46. The molecule has 6 nitrogen and oxygen atoms in total. The molecule has 0 unspecified atom stereocenters. The third-order valence-electron chi connectivity index (χ3n) is 6.22. The molecule has 3 atom stereocenters. The fraction of sp³-hybridized carbons (Fsp3) is 0.364. The van der Waals surface area contributed by atoms with Crippen LogP contribution in [-0.2, 0) is 11.3 Å². The third-order valence-corrected chi connectivity index (χ3v) is 6.22. The molecule has 0 aliphatic carbocycles. The second kappa shape index (κ2) is 6.84. The summed E-state index contributed by atoms with van der Waals surface area (Å²) in [5.74, 6) is -0.00437. The Labute approximate surface area is 167 Å². The number of likely N-dealkylation sites (N-methyl/N-ethyl adjacent to an activating group) is 1. The highest BCUT2D eigenvalue weighted by Gasteiger charge is 2.42. The Morgan fingerprint density at radius 2 is 2.10 bits per heavy atom. The first kappa shape index (κ1) is 18.1. The van der Waals surface area contributed by atoms with Crippen molar-refractivity contribution in [2.24, 2.45) is 5.92 Å². The number of hydrogen-bond acceptors (Lipinski definition) is 3. The molecular weight excluding hydrogens is 371 g/mol. The lowest BCUT2D eigenvalue weighted by Gasteiger charge is -2.43. The molecule has 29 heavy (non-hydrogen) atoms. The van der Waals surface area contributed by atoms with Gasteiger partial charge < -0.3 is 15.2 Å². The number of amides is 1. The topological polar surface area (TPSA) is 70.1 Å². The van der Waals surface area contributed by atoms with Gasteiger partial charge in [0, 0.05) is 60.3 Å². The predicted molar refractivity (Wildman–Crippen MR) is 108 cm³/mol. The van der Waals surface area contributed by atoms with E-state index in [1.807, 2.05) is 12.1 Å². The Morgan fingerprint density at radius 3 is 2.97 bits per heavy atom. The van der Waals surface area contributed by atoms with Gasteiger partial charge in [-0.25, -0.2) is 4.39 Å². The summed E-state index contributed by atoms with van der Waals surface area (Å²) in [6.45, 7) is 1.93. The lowest BCUT2D eigenvalue weighted by Crippen LogP contribution is -2.52. The number of carbonyl (C=O) groups is 1. The molecule has 5 rings (SSSR count). The summed E-state index contributed by atoms with van der Waals surface area (Å²) in [5, 5.41) is 4.19. The fourth-order valence-corrected chi connectivity index (χ4v) is 4.92. The van der Waals surface area contributed by atoms with E-state index in [2.05, 4.69) is 10.3 Å². The Hall–Kier alpha value is -2.93. The summed E-state index contributed by atoms with van der Waals surface area (Å²) in [6, 6.07) is 11.2. The SMILES string of the molecule is CN(Cc1cc2cc(F)ccc2[nH]1)C(=O)[C@H]1[C@@H]2CNC[C@@H](C2)c2cccc(=O)n21. The van der Waals surface area contributed by atoms with Crippen LogP contribution in [0, 0.1) is 11.7 Å². The standard InChI is InChI=1S/C22H23FN4O2/c1-26(12-17-9-13-8-16(23)5-6-18(13)25-17)22(29)21-15-7-14(10-24-11-15)19-3-2-4-20(28)27(19)21/h2-6,8-9,14-15,21,24-25H,7,10-12H2,1H3/t14-,15+,21-/m1/s1. The molecule has 2 aliphatic heterocycles. The largest absolute Gasteiger partial charge is 0.357 e. The van der Waals surface area contributed by atoms with Gasteiger partial charge in [0.05, 0.1) is 6.54 Å². The second-order valence-electron chi connectivity index (χ2n) is 8.18. The number of hydrogen-bond donors (Lipinski definition) is 2. The maximum atomic E-state index is 13.5. The summed E-state index contributed by atoms with van der Waals surface area (Å²) in [5.41, 5.74) is 2.49. The van der Waals surface area contributed by atoms with Crippen LogP contribution in [0.4, 0.5) is 4.39 Å². The van der Waals surface area contributed by atoms with Crippen LogP contribution < -0.4 is 10.9 Å². The second-order valence-corrected chi connectivity index (χ2v) is 8.18. The monoisotopic (exact) mass is 394 g/mol. The minimum atomic E-state index is -0.505. The summed E-state index contributed by atoms with van der Waals surface area (Å²) >= 11 is 0. The first-order valence-corrected chi connectivity index (χ1v) is 9.95. The van der Waals surface area contributed by atoms with Gasteiger partial charge >= 0.3 is 0 Å². The van der Waals surface area contributed by atoms with Crippen molar-refractivity contribution < 1.29 is 9.18 Å². The molecule has 1 fully saturated rings. The number of aromatic nitrogens is 2. The van der Waals surface area contributed by atoms with E-state index in [4.69, 9.17) is 0 Å². The normalized spacial score (nSPS) is 23.0.